The number of ether oxygens (including phenoxy) is 1. The number of fused-ring (bicyclic) bond motifs is 1. The normalized spacial score (nSPS) is 14.6. The molecule has 1 aromatic heterocycles. The van der Waals surface area contributed by atoms with Gasteiger partial charge in [-0.3, -0.25) is 4.79 Å². The number of hydrogen-bond donors (Lipinski definition) is 1. The van der Waals surface area contributed by atoms with Crippen molar-refractivity contribution in [3.05, 3.63) is 64.0 Å². The molecule has 0 radical (unpaired) electrons. The molecule has 0 saturated carbocycles. The summed E-state index contributed by atoms with van der Waals surface area (Å²) in [4.78, 5) is 26.5. The Morgan fingerprint density at radius 3 is 2.55 bits per heavy atom. The maximum Gasteiger partial charge on any atom is 0.336 e. The molecule has 6 heteroatoms. The summed E-state index contributed by atoms with van der Waals surface area (Å²) in [6, 6.07) is 13.0. The first-order chi connectivity index (χ1) is 14.9. The van der Waals surface area contributed by atoms with Crippen molar-refractivity contribution in [2.45, 2.75) is 33.6 Å². The van der Waals surface area contributed by atoms with Crippen LogP contribution >= 0.6 is 0 Å². The number of anilines is 2. The van der Waals surface area contributed by atoms with E-state index in [2.05, 4.69) is 17.1 Å². The molecule has 31 heavy (non-hydrogen) atoms. The molecule has 2 aromatic carbocycles. The lowest BCUT2D eigenvalue weighted by atomic mass is 9.99. The predicted octanol–water partition coefficient (Wildman–Crippen LogP) is 4.66. The van der Waals surface area contributed by atoms with Crippen LogP contribution in [0.5, 0.6) is 5.75 Å². The molecule has 0 aliphatic carbocycles. The first-order valence-electron chi connectivity index (χ1n) is 10.7. The SMILES string of the molecule is Cc1cc(=O)oc2c(C)c(OCC(=O)Nc3ccc(N4CCC(C)CC4)cc3)ccc12. The average Bonchev–Trinajstić information content (AvgIpc) is 2.75. The molecule has 0 atom stereocenters. The van der Waals surface area contributed by atoms with Crippen LogP contribution in [0.1, 0.15) is 30.9 Å². The van der Waals surface area contributed by atoms with E-state index in [4.69, 9.17) is 9.15 Å². The van der Waals surface area contributed by atoms with Crippen molar-refractivity contribution in [1.82, 2.24) is 0 Å². The number of aryl methyl sites for hydroxylation is 2. The Morgan fingerprint density at radius 2 is 1.84 bits per heavy atom. The standard InChI is InChI=1S/C25H28N2O4/c1-16-10-12-27(13-11-16)20-6-4-19(5-7-20)26-23(28)15-30-22-9-8-21-17(2)14-24(29)31-25(21)18(22)3/h4-9,14,16H,10-13,15H2,1-3H3,(H,26,28). The molecular weight excluding hydrogens is 392 g/mol. The van der Waals surface area contributed by atoms with Crippen LogP contribution in [-0.2, 0) is 4.79 Å². The number of rotatable bonds is 5. The van der Waals surface area contributed by atoms with E-state index < -0.39 is 5.63 Å². The van der Waals surface area contributed by atoms with Crippen LogP contribution in [0.25, 0.3) is 11.0 Å². The fourth-order valence-electron chi connectivity index (χ4n) is 4.02. The van der Waals surface area contributed by atoms with Crippen molar-refractivity contribution < 1.29 is 13.9 Å². The molecule has 1 aliphatic heterocycles. The zero-order chi connectivity index (χ0) is 22.0. The number of hydrogen-bond acceptors (Lipinski definition) is 5. The third-order valence-electron chi connectivity index (χ3n) is 5.98. The summed E-state index contributed by atoms with van der Waals surface area (Å²) in [6.45, 7) is 8.00. The molecule has 4 rings (SSSR count). The highest BCUT2D eigenvalue weighted by molar-refractivity contribution is 5.92. The van der Waals surface area contributed by atoms with E-state index in [1.807, 2.05) is 44.2 Å². The highest BCUT2D eigenvalue weighted by atomic mass is 16.5. The summed E-state index contributed by atoms with van der Waals surface area (Å²) >= 11 is 0. The van der Waals surface area contributed by atoms with Gasteiger partial charge in [-0.1, -0.05) is 6.92 Å². The van der Waals surface area contributed by atoms with Crippen molar-refractivity contribution in [3.63, 3.8) is 0 Å². The summed E-state index contributed by atoms with van der Waals surface area (Å²) in [5, 5.41) is 3.73. The largest absolute Gasteiger partial charge is 0.483 e. The molecule has 0 unspecified atom stereocenters. The molecule has 162 valence electrons. The lowest BCUT2D eigenvalue weighted by Crippen LogP contribution is -2.32. The van der Waals surface area contributed by atoms with Crippen LogP contribution in [0.3, 0.4) is 0 Å². The molecule has 1 aliphatic rings. The van der Waals surface area contributed by atoms with Crippen LogP contribution < -0.4 is 20.6 Å². The second kappa shape index (κ2) is 8.84. The minimum absolute atomic E-state index is 0.131. The lowest BCUT2D eigenvalue weighted by molar-refractivity contribution is -0.118. The average molecular weight is 421 g/mol. The van der Waals surface area contributed by atoms with Gasteiger partial charge in [0.1, 0.15) is 11.3 Å². The first-order valence-corrected chi connectivity index (χ1v) is 10.7. The quantitative estimate of drug-likeness (QED) is 0.608. The van der Waals surface area contributed by atoms with E-state index in [1.165, 1.54) is 24.6 Å². The second-order valence-electron chi connectivity index (χ2n) is 8.37. The Labute approximate surface area is 181 Å². The minimum Gasteiger partial charge on any atom is -0.483 e. The summed E-state index contributed by atoms with van der Waals surface area (Å²) in [5.74, 6) is 1.07. The fraction of sp³-hybridized carbons (Fsp3) is 0.360. The maximum atomic E-state index is 12.4. The predicted molar refractivity (Wildman–Crippen MR) is 123 cm³/mol. The second-order valence-corrected chi connectivity index (χ2v) is 8.37. The Kier molecular flexibility index (Phi) is 5.98. The molecule has 3 aromatic rings. The van der Waals surface area contributed by atoms with Gasteiger partial charge in [0.2, 0.25) is 0 Å². The maximum absolute atomic E-state index is 12.4. The van der Waals surface area contributed by atoms with Crippen molar-refractivity contribution >= 4 is 28.3 Å². The number of piperidine rings is 1. The van der Waals surface area contributed by atoms with Crippen LogP contribution in [0.4, 0.5) is 11.4 Å². The zero-order valence-corrected chi connectivity index (χ0v) is 18.2. The summed E-state index contributed by atoms with van der Waals surface area (Å²) in [6.07, 6.45) is 2.43. The monoisotopic (exact) mass is 420 g/mol. The number of carbonyl (C=O) groups is 1. The number of carbonyl (C=O) groups excluding carboxylic acids is 1. The molecule has 1 fully saturated rings. The van der Waals surface area contributed by atoms with Gasteiger partial charge in [0.25, 0.3) is 5.91 Å². The van der Waals surface area contributed by atoms with Gasteiger partial charge in [0.05, 0.1) is 0 Å². The van der Waals surface area contributed by atoms with Crippen LogP contribution in [-0.4, -0.2) is 25.6 Å². The van der Waals surface area contributed by atoms with Gasteiger partial charge in [-0.05, 0) is 74.6 Å². The Morgan fingerprint density at radius 1 is 1.13 bits per heavy atom. The van der Waals surface area contributed by atoms with Crippen LogP contribution in [0.2, 0.25) is 0 Å². The number of nitrogens with one attached hydrogen (secondary N) is 1. The number of benzene rings is 2. The van der Waals surface area contributed by atoms with E-state index in [0.29, 0.717) is 16.9 Å². The molecule has 0 bridgehead atoms. The zero-order valence-electron chi connectivity index (χ0n) is 18.2. The van der Waals surface area contributed by atoms with Gasteiger partial charge in [0, 0.05) is 41.5 Å². The van der Waals surface area contributed by atoms with E-state index in [-0.39, 0.29) is 12.5 Å². The number of amides is 1. The smallest absolute Gasteiger partial charge is 0.336 e. The van der Waals surface area contributed by atoms with E-state index in [0.717, 1.165) is 35.6 Å². The molecular formula is C25H28N2O4. The van der Waals surface area contributed by atoms with Crippen molar-refractivity contribution in [1.29, 1.82) is 0 Å². The highest BCUT2D eigenvalue weighted by Gasteiger charge is 2.16. The van der Waals surface area contributed by atoms with Gasteiger partial charge in [0.15, 0.2) is 6.61 Å². The molecule has 0 spiro atoms. The third-order valence-corrected chi connectivity index (χ3v) is 5.98. The topological polar surface area (TPSA) is 71.8 Å². The number of nitrogens with zero attached hydrogens (tertiary/aromatic N) is 1. The van der Waals surface area contributed by atoms with Gasteiger partial charge < -0.3 is 19.4 Å². The Bertz CT molecular complexity index is 1140. The Balaban J connectivity index is 1.37. The van der Waals surface area contributed by atoms with Crippen LogP contribution in [0, 0.1) is 19.8 Å². The van der Waals surface area contributed by atoms with Gasteiger partial charge in [-0.2, -0.15) is 0 Å². The highest BCUT2D eigenvalue weighted by Crippen LogP contribution is 2.28. The fourth-order valence-corrected chi connectivity index (χ4v) is 4.02. The molecule has 1 saturated heterocycles. The first kappa shape index (κ1) is 21.0. The molecule has 1 amide bonds. The van der Waals surface area contributed by atoms with E-state index >= 15 is 0 Å². The summed E-state index contributed by atoms with van der Waals surface area (Å²) < 4.78 is 11.0. The Hall–Kier alpha value is -3.28. The summed E-state index contributed by atoms with van der Waals surface area (Å²) in [7, 11) is 0. The minimum atomic E-state index is -0.398. The molecule has 6 nitrogen and oxygen atoms in total. The van der Waals surface area contributed by atoms with E-state index in [1.54, 1.807) is 6.07 Å². The molecule has 2 heterocycles. The van der Waals surface area contributed by atoms with E-state index in [9.17, 15) is 9.59 Å². The lowest BCUT2D eigenvalue weighted by Gasteiger charge is -2.32. The van der Waals surface area contributed by atoms with Crippen molar-refractivity contribution in [2.75, 3.05) is 29.9 Å². The van der Waals surface area contributed by atoms with Gasteiger partial charge >= 0.3 is 5.63 Å². The van der Waals surface area contributed by atoms with Crippen molar-refractivity contribution in [3.8, 4) is 5.75 Å². The summed E-state index contributed by atoms with van der Waals surface area (Å²) in [5.41, 5.74) is 3.56. The molecule has 1 N–H and O–H groups in total. The van der Waals surface area contributed by atoms with Crippen molar-refractivity contribution in [2.24, 2.45) is 5.92 Å². The van der Waals surface area contributed by atoms with Crippen LogP contribution in [0.15, 0.2) is 51.7 Å². The van der Waals surface area contributed by atoms with Gasteiger partial charge in [-0.15, -0.1) is 0 Å². The van der Waals surface area contributed by atoms with Gasteiger partial charge in [-0.25, -0.2) is 4.79 Å². The third kappa shape index (κ3) is 4.74.